The van der Waals surface area contributed by atoms with Crippen LogP contribution < -0.4 is 0 Å². The summed E-state index contributed by atoms with van der Waals surface area (Å²) in [5.41, 5.74) is 1.17. The number of aliphatic hydroxyl groups is 1. The van der Waals surface area contributed by atoms with Crippen LogP contribution in [0.1, 0.15) is 11.4 Å². The number of aromatic nitrogens is 2. The number of nitrogens with zero attached hydrogens (tertiary/aromatic N) is 3. The molecule has 0 amide bonds. The normalized spacial score (nSPS) is 12.8. The molecule has 2 aromatic rings. The zero-order valence-corrected chi connectivity index (χ0v) is 11.5. The summed E-state index contributed by atoms with van der Waals surface area (Å²) in [7, 11) is 3.99. The first-order chi connectivity index (χ1) is 9.15. The minimum Gasteiger partial charge on any atom is -0.391 e. The molecule has 1 heterocycles. The lowest BCUT2D eigenvalue weighted by Gasteiger charge is -2.20. The lowest BCUT2D eigenvalue weighted by Crippen LogP contribution is -2.31. The van der Waals surface area contributed by atoms with Crippen LogP contribution in [0.25, 0.3) is 0 Å². The van der Waals surface area contributed by atoms with Gasteiger partial charge in [0, 0.05) is 26.0 Å². The third-order valence-corrected chi connectivity index (χ3v) is 3.17. The fourth-order valence-electron chi connectivity index (χ4n) is 2.17. The molecule has 4 nitrogen and oxygen atoms in total. The number of benzene rings is 1. The zero-order valence-electron chi connectivity index (χ0n) is 11.5. The van der Waals surface area contributed by atoms with E-state index >= 15 is 0 Å². The molecule has 0 saturated heterocycles. The molecule has 0 aliphatic rings. The molecule has 1 atom stereocenters. The van der Waals surface area contributed by atoms with Crippen LogP contribution in [0, 0.1) is 0 Å². The average Bonchev–Trinajstić information content (AvgIpc) is 2.76. The lowest BCUT2D eigenvalue weighted by atomic mass is 10.1. The first-order valence-corrected chi connectivity index (χ1v) is 6.52. The van der Waals surface area contributed by atoms with E-state index in [4.69, 9.17) is 0 Å². The van der Waals surface area contributed by atoms with E-state index in [1.807, 2.05) is 55.2 Å². The van der Waals surface area contributed by atoms with Crippen LogP contribution in [0.3, 0.4) is 0 Å². The Bertz CT molecular complexity index is 495. The van der Waals surface area contributed by atoms with Crippen molar-refractivity contribution < 1.29 is 5.11 Å². The summed E-state index contributed by atoms with van der Waals surface area (Å²) in [6.07, 6.45) is 4.06. The number of aliphatic hydroxyl groups excluding tert-OH is 1. The van der Waals surface area contributed by atoms with E-state index in [9.17, 15) is 5.11 Å². The summed E-state index contributed by atoms with van der Waals surface area (Å²) in [5.74, 6) is 1.01. The molecule has 4 heteroatoms. The third-order valence-electron chi connectivity index (χ3n) is 3.17. The molecular weight excluding hydrogens is 238 g/mol. The summed E-state index contributed by atoms with van der Waals surface area (Å²) < 4.78 is 2.00. The molecule has 0 saturated carbocycles. The average molecular weight is 259 g/mol. The lowest BCUT2D eigenvalue weighted by molar-refractivity contribution is 0.121. The Morgan fingerprint density at radius 1 is 1.32 bits per heavy atom. The maximum Gasteiger partial charge on any atom is 0.122 e. The van der Waals surface area contributed by atoms with Crippen LogP contribution in [-0.4, -0.2) is 39.3 Å². The SMILES string of the molecule is CN(Cc1nccn1C)CC(O)Cc1ccccc1. The van der Waals surface area contributed by atoms with E-state index in [1.54, 1.807) is 6.20 Å². The molecule has 1 unspecified atom stereocenters. The first kappa shape index (κ1) is 13.8. The predicted molar refractivity (Wildman–Crippen MR) is 75.7 cm³/mol. The highest BCUT2D eigenvalue weighted by Crippen LogP contribution is 2.06. The topological polar surface area (TPSA) is 41.3 Å². The van der Waals surface area contributed by atoms with Crippen molar-refractivity contribution in [3.05, 3.63) is 54.1 Å². The van der Waals surface area contributed by atoms with E-state index in [-0.39, 0.29) is 6.10 Å². The Morgan fingerprint density at radius 2 is 2.05 bits per heavy atom. The highest BCUT2D eigenvalue weighted by Gasteiger charge is 2.11. The number of hydrogen-bond donors (Lipinski definition) is 1. The predicted octanol–water partition coefficient (Wildman–Crippen LogP) is 1.46. The minimum atomic E-state index is -0.354. The standard InChI is InChI=1S/C15H21N3O/c1-17(12-15-16-8-9-18(15)2)11-14(19)10-13-6-4-3-5-7-13/h3-9,14,19H,10-12H2,1-2H3. The van der Waals surface area contributed by atoms with Crippen molar-refractivity contribution in [1.82, 2.24) is 14.5 Å². The van der Waals surface area contributed by atoms with E-state index < -0.39 is 0 Å². The molecule has 2 rings (SSSR count). The second-order valence-electron chi connectivity index (χ2n) is 4.99. The highest BCUT2D eigenvalue weighted by molar-refractivity contribution is 5.15. The Hall–Kier alpha value is -1.65. The zero-order chi connectivity index (χ0) is 13.7. The van der Waals surface area contributed by atoms with E-state index in [2.05, 4.69) is 9.88 Å². The maximum absolute atomic E-state index is 10.1. The summed E-state index contributed by atoms with van der Waals surface area (Å²) in [5, 5.41) is 10.1. The molecule has 1 N–H and O–H groups in total. The van der Waals surface area contributed by atoms with Crippen molar-refractivity contribution in [3.63, 3.8) is 0 Å². The van der Waals surface area contributed by atoms with Gasteiger partial charge in [0.1, 0.15) is 5.82 Å². The monoisotopic (exact) mass is 259 g/mol. The molecular formula is C15H21N3O. The molecule has 0 aliphatic carbocycles. The highest BCUT2D eigenvalue weighted by atomic mass is 16.3. The van der Waals surface area contributed by atoms with Gasteiger partial charge in [-0.15, -0.1) is 0 Å². The Morgan fingerprint density at radius 3 is 2.68 bits per heavy atom. The smallest absolute Gasteiger partial charge is 0.122 e. The third kappa shape index (κ3) is 4.19. The van der Waals surface area contributed by atoms with Gasteiger partial charge in [-0.1, -0.05) is 30.3 Å². The minimum absolute atomic E-state index is 0.354. The quantitative estimate of drug-likeness (QED) is 0.854. The van der Waals surface area contributed by atoms with Gasteiger partial charge in [-0.3, -0.25) is 4.90 Å². The van der Waals surface area contributed by atoms with Crippen molar-refractivity contribution in [1.29, 1.82) is 0 Å². The molecule has 0 aliphatic heterocycles. The van der Waals surface area contributed by atoms with Crippen LogP contribution in [0.2, 0.25) is 0 Å². The number of aryl methyl sites for hydroxylation is 1. The number of rotatable bonds is 6. The van der Waals surface area contributed by atoms with Crippen LogP contribution in [0.4, 0.5) is 0 Å². The number of hydrogen-bond acceptors (Lipinski definition) is 3. The second kappa shape index (κ2) is 6.50. The van der Waals surface area contributed by atoms with Crippen molar-refractivity contribution in [2.24, 2.45) is 7.05 Å². The van der Waals surface area contributed by atoms with Gasteiger partial charge < -0.3 is 9.67 Å². The molecule has 0 radical (unpaired) electrons. The molecule has 0 bridgehead atoms. The molecule has 19 heavy (non-hydrogen) atoms. The van der Waals surface area contributed by atoms with Gasteiger partial charge in [0.05, 0.1) is 12.6 Å². The van der Waals surface area contributed by atoms with Gasteiger partial charge in [0.25, 0.3) is 0 Å². The van der Waals surface area contributed by atoms with Gasteiger partial charge in [0.2, 0.25) is 0 Å². The van der Waals surface area contributed by atoms with E-state index in [0.29, 0.717) is 13.0 Å². The molecule has 0 spiro atoms. The molecule has 1 aromatic heterocycles. The van der Waals surface area contributed by atoms with Crippen LogP contribution in [-0.2, 0) is 20.0 Å². The number of likely N-dealkylation sites (N-methyl/N-ethyl adjacent to an activating group) is 1. The fourth-order valence-corrected chi connectivity index (χ4v) is 2.17. The van der Waals surface area contributed by atoms with E-state index in [1.165, 1.54) is 5.56 Å². The largest absolute Gasteiger partial charge is 0.391 e. The summed E-state index contributed by atoms with van der Waals surface area (Å²) in [4.78, 5) is 6.38. The Labute approximate surface area is 114 Å². The van der Waals surface area contributed by atoms with Gasteiger partial charge in [-0.2, -0.15) is 0 Å². The van der Waals surface area contributed by atoms with Crippen LogP contribution in [0.15, 0.2) is 42.7 Å². The Balaban J connectivity index is 1.82. The van der Waals surface area contributed by atoms with Gasteiger partial charge in [0.15, 0.2) is 0 Å². The van der Waals surface area contributed by atoms with Crippen LogP contribution in [0.5, 0.6) is 0 Å². The van der Waals surface area contributed by atoms with Crippen molar-refractivity contribution >= 4 is 0 Å². The second-order valence-corrected chi connectivity index (χ2v) is 4.99. The van der Waals surface area contributed by atoms with Crippen molar-refractivity contribution in [2.45, 2.75) is 19.1 Å². The van der Waals surface area contributed by atoms with Gasteiger partial charge in [-0.05, 0) is 19.0 Å². The van der Waals surface area contributed by atoms with Crippen molar-refractivity contribution in [2.75, 3.05) is 13.6 Å². The first-order valence-electron chi connectivity index (χ1n) is 6.52. The summed E-state index contributed by atoms with van der Waals surface area (Å²) in [6, 6.07) is 10.1. The van der Waals surface area contributed by atoms with Crippen LogP contribution >= 0.6 is 0 Å². The molecule has 0 fully saturated rings. The van der Waals surface area contributed by atoms with Crippen molar-refractivity contribution in [3.8, 4) is 0 Å². The fraction of sp³-hybridized carbons (Fsp3) is 0.400. The maximum atomic E-state index is 10.1. The van der Waals surface area contributed by atoms with Gasteiger partial charge >= 0.3 is 0 Å². The summed E-state index contributed by atoms with van der Waals surface area (Å²) >= 11 is 0. The summed E-state index contributed by atoms with van der Waals surface area (Å²) in [6.45, 7) is 1.39. The van der Waals surface area contributed by atoms with E-state index in [0.717, 1.165) is 12.4 Å². The van der Waals surface area contributed by atoms with Gasteiger partial charge in [-0.25, -0.2) is 4.98 Å². The molecule has 102 valence electrons. The Kier molecular flexibility index (Phi) is 4.71. The molecule has 1 aromatic carbocycles. The number of imidazole rings is 1.